The fourth-order valence-electron chi connectivity index (χ4n) is 1.56. The maximum atomic E-state index is 12.4. The van der Waals surface area contributed by atoms with Gasteiger partial charge < -0.3 is 15.2 Å². The first-order valence-electron chi connectivity index (χ1n) is 5.79. The van der Waals surface area contributed by atoms with Crippen molar-refractivity contribution < 1.29 is 17.9 Å². The number of benzene rings is 1. The Hall–Kier alpha value is -1.15. The maximum absolute atomic E-state index is 12.4. The van der Waals surface area contributed by atoms with E-state index in [0.29, 0.717) is 12.4 Å². The van der Waals surface area contributed by atoms with Crippen LogP contribution in [0.25, 0.3) is 0 Å². The van der Waals surface area contributed by atoms with Crippen LogP contribution in [0.5, 0.6) is 5.75 Å². The summed E-state index contributed by atoms with van der Waals surface area (Å²) in [7, 11) is 0.849. The Labute approximate surface area is 114 Å². The van der Waals surface area contributed by atoms with Crippen molar-refractivity contribution >= 4 is 10.0 Å². The minimum absolute atomic E-state index is 0.122. The number of rotatable bonds is 7. The molecule has 1 aromatic carbocycles. The molecule has 0 aromatic heterocycles. The highest BCUT2D eigenvalue weighted by Gasteiger charge is 2.24. The van der Waals surface area contributed by atoms with E-state index in [9.17, 15) is 8.42 Å². The number of ether oxygens (including phenoxy) is 2. The van der Waals surface area contributed by atoms with Gasteiger partial charge in [-0.25, -0.2) is 8.42 Å². The first-order chi connectivity index (χ1) is 8.97. The van der Waals surface area contributed by atoms with Gasteiger partial charge in [0.2, 0.25) is 10.0 Å². The highest BCUT2D eigenvalue weighted by Crippen LogP contribution is 2.27. The molecule has 0 bridgehead atoms. The van der Waals surface area contributed by atoms with Crippen LogP contribution < -0.4 is 10.5 Å². The Bertz CT molecular complexity index is 516. The lowest BCUT2D eigenvalue weighted by atomic mass is 10.2. The summed E-state index contributed by atoms with van der Waals surface area (Å²) in [6.45, 7) is 0.873. The zero-order chi connectivity index (χ0) is 14.5. The summed E-state index contributed by atoms with van der Waals surface area (Å²) in [5.41, 5.74) is 6.28. The van der Waals surface area contributed by atoms with E-state index in [1.54, 1.807) is 12.1 Å². The summed E-state index contributed by atoms with van der Waals surface area (Å²) in [5.74, 6) is 0.307. The van der Waals surface area contributed by atoms with Crippen molar-refractivity contribution in [2.45, 2.75) is 11.4 Å². The largest absolute Gasteiger partial charge is 0.495 e. The molecule has 0 spiro atoms. The molecule has 1 rings (SSSR count). The number of methoxy groups -OCH3 is 2. The van der Waals surface area contributed by atoms with Gasteiger partial charge in [0, 0.05) is 27.2 Å². The molecule has 0 radical (unpaired) electrons. The number of sulfonamides is 1. The van der Waals surface area contributed by atoms with Gasteiger partial charge in [-0.2, -0.15) is 4.31 Å². The zero-order valence-electron chi connectivity index (χ0n) is 11.4. The van der Waals surface area contributed by atoms with Crippen LogP contribution in [0.2, 0.25) is 0 Å². The average molecular weight is 288 g/mol. The van der Waals surface area contributed by atoms with Crippen molar-refractivity contribution in [3.63, 3.8) is 0 Å². The number of hydrogen-bond acceptors (Lipinski definition) is 5. The molecule has 0 atom stereocenters. The third-order valence-electron chi connectivity index (χ3n) is 2.76. The number of likely N-dealkylation sites (N-methyl/N-ethyl adjacent to an activating group) is 1. The summed E-state index contributed by atoms with van der Waals surface area (Å²) < 4.78 is 36.1. The van der Waals surface area contributed by atoms with Crippen LogP contribution in [0.4, 0.5) is 0 Å². The average Bonchev–Trinajstić information content (AvgIpc) is 2.43. The second-order valence-corrected chi connectivity index (χ2v) is 6.02. The van der Waals surface area contributed by atoms with Gasteiger partial charge in [-0.05, 0) is 17.7 Å². The van der Waals surface area contributed by atoms with E-state index in [4.69, 9.17) is 15.2 Å². The Morgan fingerprint density at radius 1 is 1.32 bits per heavy atom. The molecule has 0 saturated carbocycles. The SMILES string of the molecule is COCCN(C)S(=O)(=O)c1cc(CN)ccc1OC. The van der Waals surface area contributed by atoms with Crippen LogP contribution in [0, 0.1) is 0 Å². The summed E-state index contributed by atoms with van der Waals surface area (Å²) in [5, 5.41) is 0. The molecule has 19 heavy (non-hydrogen) atoms. The molecule has 0 aliphatic carbocycles. The first-order valence-corrected chi connectivity index (χ1v) is 7.23. The van der Waals surface area contributed by atoms with E-state index >= 15 is 0 Å². The zero-order valence-corrected chi connectivity index (χ0v) is 12.2. The van der Waals surface area contributed by atoms with E-state index in [0.717, 1.165) is 5.56 Å². The molecule has 1 aromatic rings. The van der Waals surface area contributed by atoms with E-state index in [1.807, 2.05) is 0 Å². The van der Waals surface area contributed by atoms with Gasteiger partial charge >= 0.3 is 0 Å². The quantitative estimate of drug-likeness (QED) is 0.786. The lowest BCUT2D eigenvalue weighted by molar-refractivity contribution is 0.185. The van der Waals surface area contributed by atoms with Gasteiger partial charge in [0.1, 0.15) is 10.6 Å². The van der Waals surface area contributed by atoms with Gasteiger partial charge in [0.05, 0.1) is 13.7 Å². The molecule has 7 heteroatoms. The van der Waals surface area contributed by atoms with Crippen LogP contribution in [-0.2, 0) is 21.3 Å². The minimum Gasteiger partial charge on any atom is -0.495 e. The van der Waals surface area contributed by atoms with E-state index in [-0.39, 0.29) is 18.0 Å². The fourth-order valence-corrected chi connectivity index (χ4v) is 2.91. The van der Waals surface area contributed by atoms with Gasteiger partial charge in [0.25, 0.3) is 0 Å². The molecule has 0 aliphatic rings. The molecule has 108 valence electrons. The van der Waals surface area contributed by atoms with Crippen LogP contribution in [0.3, 0.4) is 0 Å². The van der Waals surface area contributed by atoms with Crippen LogP contribution in [0.1, 0.15) is 5.56 Å². The van der Waals surface area contributed by atoms with Crippen molar-refractivity contribution in [3.05, 3.63) is 23.8 Å². The van der Waals surface area contributed by atoms with E-state index in [2.05, 4.69) is 0 Å². The van der Waals surface area contributed by atoms with Crippen LogP contribution >= 0.6 is 0 Å². The van der Waals surface area contributed by atoms with Gasteiger partial charge in [0.15, 0.2) is 0 Å². The van der Waals surface area contributed by atoms with Gasteiger partial charge in [-0.1, -0.05) is 6.07 Å². The lowest BCUT2D eigenvalue weighted by Gasteiger charge is -2.19. The standard InChI is InChI=1S/C12H20N2O4S/c1-14(6-7-17-2)19(15,16)12-8-10(9-13)4-5-11(12)18-3/h4-5,8H,6-7,9,13H2,1-3H3. The van der Waals surface area contributed by atoms with E-state index in [1.165, 1.54) is 31.6 Å². The molecule has 0 amide bonds. The first kappa shape index (κ1) is 15.9. The third-order valence-corrected chi connectivity index (χ3v) is 4.64. The maximum Gasteiger partial charge on any atom is 0.246 e. The molecule has 2 N–H and O–H groups in total. The molecule has 0 unspecified atom stereocenters. The normalized spacial score (nSPS) is 11.8. The smallest absolute Gasteiger partial charge is 0.246 e. The minimum atomic E-state index is -3.61. The predicted molar refractivity (Wildman–Crippen MR) is 72.6 cm³/mol. The van der Waals surface area contributed by atoms with Crippen LogP contribution in [0.15, 0.2) is 23.1 Å². The number of nitrogens with zero attached hydrogens (tertiary/aromatic N) is 1. The Balaban J connectivity index is 3.18. The molecule has 0 saturated heterocycles. The van der Waals surface area contributed by atoms with E-state index < -0.39 is 10.0 Å². The number of nitrogens with two attached hydrogens (primary N) is 1. The molecule has 0 heterocycles. The second-order valence-electron chi connectivity index (χ2n) is 4.01. The predicted octanol–water partition coefficient (Wildman–Crippen LogP) is 0.421. The summed E-state index contributed by atoms with van der Waals surface area (Å²) in [4.78, 5) is 0.122. The van der Waals surface area contributed by atoms with Gasteiger partial charge in [-0.15, -0.1) is 0 Å². The number of hydrogen-bond donors (Lipinski definition) is 1. The molecule has 6 nitrogen and oxygen atoms in total. The highest BCUT2D eigenvalue weighted by atomic mass is 32.2. The molecule has 0 fully saturated rings. The Morgan fingerprint density at radius 2 is 2.00 bits per heavy atom. The Morgan fingerprint density at radius 3 is 2.53 bits per heavy atom. The lowest BCUT2D eigenvalue weighted by Crippen LogP contribution is -2.30. The van der Waals surface area contributed by atoms with Crippen molar-refractivity contribution in [1.29, 1.82) is 0 Å². The van der Waals surface area contributed by atoms with Gasteiger partial charge in [-0.3, -0.25) is 0 Å². The van der Waals surface area contributed by atoms with Crippen molar-refractivity contribution in [2.75, 3.05) is 34.4 Å². The monoisotopic (exact) mass is 288 g/mol. The molecule has 0 aliphatic heterocycles. The topological polar surface area (TPSA) is 81.9 Å². The highest BCUT2D eigenvalue weighted by molar-refractivity contribution is 7.89. The van der Waals surface area contributed by atoms with Crippen LogP contribution in [-0.4, -0.2) is 47.1 Å². The second kappa shape index (κ2) is 6.85. The summed E-state index contributed by atoms with van der Waals surface area (Å²) in [6, 6.07) is 4.89. The van der Waals surface area contributed by atoms with Crippen molar-refractivity contribution in [1.82, 2.24) is 4.31 Å². The molecular formula is C12H20N2O4S. The summed E-state index contributed by atoms with van der Waals surface area (Å²) >= 11 is 0. The van der Waals surface area contributed by atoms with Crippen molar-refractivity contribution in [3.8, 4) is 5.75 Å². The Kier molecular flexibility index (Phi) is 5.74. The van der Waals surface area contributed by atoms with Crippen molar-refractivity contribution in [2.24, 2.45) is 5.73 Å². The fraction of sp³-hybridized carbons (Fsp3) is 0.500. The summed E-state index contributed by atoms with van der Waals surface area (Å²) in [6.07, 6.45) is 0. The third kappa shape index (κ3) is 3.66. The molecular weight excluding hydrogens is 268 g/mol.